The summed E-state index contributed by atoms with van der Waals surface area (Å²) in [6.45, 7) is 7.32. The second-order valence-electron chi connectivity index (χ2n) is 3.44. The molecular formula is C10H14N2O2. The van der Waals surface area contributed by atoms with Crippen LogP contribution in [0.2, 0.25) is 0 Å². The molecule has 0 spiro atoms. The van der Waals surface area contributed by atoms with Crippen LogP contribution >= 0.6 is 0 Å². The highest BCUT2D eigenvalue weighted by molar-refractivity contribution is 5.76. The summed E-state index contributed by atoms with van der Waals surface area (Å²) in [6, 6.07) is 1.71. The van der Waals surface area contributed by atoms with Gasteiger partial charge in [0.15, 0.2) is 0 Å². The van der Waals surface area contributed by atoms with E-state index < -0.39 is 11.9 Å². The molecule has 4 nitrogen and oxygen atoms in total. The molecule has 1 aromatic heterocycles. The van der Waals surface area contributed by atoms with Crippen molar-refractivity contribution in [1.29, 1.82) is 0 Å². The molecule has 1 aromatic rings. The zero-order chi connectivity index (χ0) is 10.7. The van der Waals surface area contributed by atoms with E-state index in [9.17, 15) is 4.79 Å². The fourth-order valence-electron chi connectivity index (χ4n) is 1.48. The fourth-order valence-corrected chi connectivity index (χ4v) is 1.48. The van der Waals surface area contributed by atoms with Crippen molar-refractivity contribution >= 4 is 12.2 Å². The van der Waals surface area contributed by atoms with Gasteiger partial charge in [0.1, 0.15) is 5.92 Å². The minimum absolute atomic E-state index is 0.0305. The molecule has 1 heterocycles. The first kappa shape index (κ1) is 10.5. The molecular weight excluding hydrogens is 180 g/mol. The number of nitrogens with zero attached hydrogens (tertiary/aromatic N) is 2. The number of carboxylic acids is 1. The largest absolute Gasteiger partial charge is 0.481 e. The Labute approximate surface area is 82.9 Å². The van der Waals surface area contributed by atoms with Crippen molar-refractivity contribution in [1.82, 2.24) is 9.78 Å². The molecule has 0 saturated carbocycles. The Morgan fingerprint density at radius 1 is 1.71 bits per heavy atom. The van der Waals surface area contributed by atoms with Crippen molar-refractivity contribution in [2.45, 2.75) is 19.8 Å². The van der Waals surface area contributed by atoms with E-state index in [1.54, 1.807) is 12.3 Å². The number of aromatic nitrogens is 2. The van der Waals surface area contributed by atoms with Crippen molar-refractivity contribution in [2.75, 3.05) is 0 Å². The summed E-state index contributed by atoms with van der Waals surface area (Å²) < 4.78 is 1.50. The van der Waals surface area contributed by atoms with Gasteiger partial charge in [-0.15, -0.1) is 0 Å². The summed E-state index contributed by atoms with van der Waals surface area (Å²) >= 11 is 0. The molecule has 0 aliphatic heterocycles. The lowest BCUT2D eigenvalue weighted by Gasteiger charge is -2.16. The van der Waals surface area contributed by atoms with Crippen LogP contribution in [0.4, 0.5) is 0 Å². The van der Waals surface area contributed by atoms with E-state index in [2.05, 4.69) is 11.7 Å². The number of carboxylic acid groups (broad SMARTS) is 1. The van der Waals surface area contributed by atoms with Crippen LogP contribution in [0.1, 0.15) is 25.5 Å². The number of aliphatic carboxylic acids is 1. The minimum atomic E-state index is -0.830. The Kier molecular flexibility index (Phi) is 3.06. The van der Waals surface area contributed by atoms with E-state index in [1.165, 1.54) is 10.9 Å². The normalized spacial score (nSPS) is 12.8. The SMILES string of the molecule is C=Cn1nccc1C(C(=O)O)C(C)C. The predicted molar refractivity (Wildman–Crippen MR) is 53.8 cm³/mol. The van der Waals surface area contributed by atoms with Crippen LogP contribution in [-0.2, 0) is 4.79 Å². The molecule has 0 aromatic carbocycles. The average Bonchev–Trinajstić information content (AvgIpc) is 2.51. The Morgan fingerprint density at radius 2 is 2.36 bits per heavy atom. The molecule has 1 rings (SSSR count). The Morgan fingerprint density at radius 3 is 2.79 bits per heavy atom. The molecule has 0 amide bonds. The molecule has 0 radical (unpaired) electrons. The number of hydrogen-bond donors (Lipinski definition) is 1. The third-order valence-corrected chi connectivity index (χ3v) is 2.13. The van der Waals surface area contributed by atoms with Gasteiger partial charge in [-0.1, -0.05) is 20.4 Å². The van der Waals surface area contributed by atoms with E-state index >= 15 is 0 Å². The van der Waals surface area contributed by atoms with Crippen LogP contribution < -0.4 is 0 Å². The summed E-state index contributed by atoms with van der Waals surface area (Å²) in [5.74, 6) is -1.33. The van der Waals surface area contributed by atoms with Gasteiger partial charge >= 0.3 is 5.97 Å². The van der Waals surface area contributed by atoms with Gasteiger partial charge in [0.25, 0.3) is 0 Å². The van der Waals surface area contributed by atoms with E-state index in [0.717, 1.165) is 0 Å². The molecule has 0 aliphatic carbocycles. The van der Waals surface area contributed by atoms with Crippen molar-refractivity contribution in [3.8, 4) is 0 Å². The first-order valence-corrected chi connectivity index (χ1v) is 4.46. The maximum atomic E-state index is 11.0. The summed E-state index contributed by atoms with van der Waals surface area (Å²) in [7, 11) is 0. The van der Waals surface area contributed by atoms with Gasteiger partial charge in [-0.25, -0.2) is 4.68 Å². The molecule has 1 unspecified atom stereocenters. The molecule has 0 saturated heterocycles. The van der Waals surface area contributed by atoms with Crippen LogP contribution in [0.15, 0.2) is 18.8 Å². The van der Waals surface area contributed by atoms with Crippen molar-refractivity contribution in [2.24, 2.45) is 5.92 Å². The van der Waals surface area contributed by atoms with Gasteiger partial charge in [-0.05, 0) is 12.0 Å². The van der Waals surface area contributed by atoms with E-state index in [0.29, 0.717) is 5.69 Å². The van der Waals surface area contributed by atoms with Crippen LogP contribution in [0.3, 0.4) is 0 Å². The zero-order valence-electron chi connectivity index (χ0n) is 8.34. The Bertz CT molecular complexity index is 342. The Hall–Kier alpha value is -1.58. The zero-order valence-corrected chi connectivity index (χ0v) is 8.34. The van der Waals surface area contributed by atoms with Gasteiger partial charge in [0.05, 0.1) is 5.69 Å². The highest BCUT2D eigenvalue weighted by Gasteiger charge is 2.26. The maximum absolute atomic E-state index is 11.0. The van der Waals surface area contributed by atoms with Crippen molar-refractivity contribution < 1.29 is 9.90 Å². The highest BCUT2D eigenvalue weighted by atomic mass is 16.4. The van der Waals surface area contributed by atoms with Crippen LogP contribution in [0, 0.1) is 5.92 Å². The molecule has 1 N–H and O–H groups in total. The summed E-state index contributed by atoms with van der Waals surface area (Å²) in [4.78, 5) is 11.0. The third kappa shape index (κ3) is 1.84. The van der Waals surface area contributed by atoms with E-state index in [4.69, 9.17) is 5.11 Å². The standard InChI is InChI=1S/C10H14N2O2/c1-4-12-8(5-6-11-12)9(7(2)3)10(13)14/h4-7,9H,1H2,2-3H3,(H,13,14). The monoisotopic (exact) mass is 194 g/mol. The molecule has 0 aliphatic rings. The number of rotatable bonds is 4. The highest BCUT2D eigenvalue weighted by Crippen LogP contribution is 2.24. The van der Waals surface area contributed by atoms with Gasteiger partial charge < -0.3 is 5.11 Å². The minimum Gasteiger partial charge on any atom is -0.481 e. The first-order valence-electron chi connectivity index (χ1n) is 4.46. The predicted octanol–water partition coefficient (Wildman–Crippen LogP) is 1.81. The van der Waals surface area contributed by atoms with Gasteiger partial charge in [-0.3, -0.25) is 4.79 Å². The lowest BCUT2D eigenvalue weighted by atomic mass is 9.93. The average molecular weight is 194 g/mol. The van der Waals surface area contributed by atoms with Crippen LogP contribution in [0.5, 0.6) is 0 Å². The molecule has 14 heavy (non-hydrogen) atoms. The smallest absolute Gasteiger partial charge is 0.312 e. The van der Waals surface area contributed by atoms with E-state index in [-0.39, 0.29) is 5.92 Å². The van der Waals surface area contributed by atoms with Crippen LogP contribution in [0.25, 0.3) is 6.20 Å². The van der Waals surface area contributed by atoms with E-state index in [1.807, 2.05) is 13.8 Å². The fraction of sp³-hybridized carbons (Fsp3) is 0.400. The van der Waals surface area contributed by atoms with Crippen LogP contribution in [-0.4, -0.2) is 20.9 Å². The van der Waals surface area contributed by atoms with Gasteiger partial charge in [0, 0.05) is 12.4 Å². The van der Waals surface area contributed by atoms with Gasteiger partial charge in [0.2, 0.25) is 0 Å². The summed E-state index contributed by atoms with van der Waals surface area (Å²) in [6.07, 6.45) is 3.09. The van der Waals surface area contributed by atoms with Crippen molar-refractivity contribution in [3.63, 3.8) is 0 Å². The topological polar surface area (TPSA) is 55.1 Å². The summed E-state index contributed by atoms with van der Waals surface area (Å²) in [5, 5.41) is 13.0. The molecule has 4 heteroatoms. The quantitative estimate of drug-likeness (QED) is 0.795. The third-order valence-electron chi connectivity index (χ3n) is 2.13. The molecule has 0 bridgehead atoms. The summed E-state index contributed by atoms with van der Waals surface area (Å²) in [5.41, 5.74) is 0.669. The molecule has 1 atom stereocenters. The molecule has 0 fully saturated rings. The lowest BCUT2D eigenvalue weighted by Crippen LogP contribution is -2.20. The second kappa shape index (κ2) is 4.09. The lowest BCUT2D eigenvalue weighted by molar-refractivity contribution is -0.140. The second-order valence-corrected chi connectivity index (χ2v) is 3.44. The first-order chi connectivity index (χ1) is 6.57. The molecule has 76 valence electrons. The van der Waals surface area contributed by atoms with Crippen molar-refractivity contribution in [3.05, 3.63) is 24.5 Å². The number of carbonyl (C=O) groups is 1. The number of hydrogen-bond acceptors (Lipinski definition) is 2. The Balaban J connectivity index is 3.11. The maximum Gasteiger partial charge on any atom is 0.312 e. The van der Waals surface area contributed by atoms with Gasteiger partial charge in [-0.2, -0.15) is 5.10 Å².